The van der Waals surface area contributed by atoms with Crippen LogP contribution in [0.15, 0.2) is 16.6 Å². The molecule has 1 aromatic carbocycles. The van der Waals surface area contributed by atoms with Crippen molar-refractivity contribution in [3.05, 3.63) is 22.2 Å². The van der Waals surface area contributed by atoms with Gasteiger partial charge < -0.3 is 14.2 Å². The summed E-state index contributed by atoms with van der Waals surface area (Å²) in [5, 5.41) is 0. The maximum absolute atomic E-state index is 5.28. The van der Waals surface area contributed by atoms with Crippen LogP contribution in [0.2, 0.25) is 0 Å². The fourth-order valence-electron chi connectivity index (χ4n) is 1.38. The van der Waals surface area contributed by atoms with Crippen molar-refractivity contribution >= 4 is 15.9 Å². The van der Waals surface area contributed by atoms with Gasteiger partial charge in [-0.05, 0) is 6.07 Å². The smallest absolute Gasteiger partial charge is 0.129 e. The first-order valence-corrected chi connectivity index (χ1v) is 5.08. The topological polar surface area (TPSA) is 31.0 Å². The number of hydrogen-bond acceptors (Lipinski definition) is 3. The summed E-state index contributed by atoms with van der Waals surface area (Å²) >= 11 is 3.48. The fourth-order valence-corrected chi connectivity index (χ4v) is 2.06. The van der Waals surface area contributed by atoms with Crippen molar-refractivity contribution in [2.75, 3.05) is 20.8 Å². The highest BCUT2D eigenvalue weighted by molar-refractivity contribution is 9.10. The van der Waals surface area contributed by atoms with Crippen molar-refractivity contribution in [1.82, 2.24) is 0 Å². The second-order valence-corrected chi connectivity index (χ2v) is 3.90. The average Bonchev–Trinajstić information content (AvgIpc) is 3.00. The Hall–Kier alpha value is -0.740. The minimum Gasteiger partial charge on any atom is -0.497 e. The van der Waals surface area contributed by atoms with Crippen LogP contribution in [0.4, 0.5) is 0 Å². The van der Waals surface area contributed by atoms with E-state index in [0.717, 1.165) is 28.1 Å². The van der Waals surface area contributed by atoms with E-state index >= 15 is 0 Å². The number of benzene rings is 1. The summed E-state index contributed by atoms with van der Waals surface area (Å²) in [5.74, 6) is 1.58. The second kappa shape index (κ2) is 3.79. The molecule has 0 N–H and O–H groups in total. The standard InChI is InChI=1S/C10H11BrO3/c1-12-6-3-7(11)10(9-5-14-9)8(4-6)13-2/h3-4,9H,5H2,1-2H3/t9-/m0/s1. The van der Waals surface area contributed by atoms with Crippen LogP contribution in [-0.2, 0) is 4.74 Å². The lowest BCUT2D eigenvalue weighted by molar-refractivity contribution is 0.374. The molecule has 0 aliphatic carbocycles. The highest BCUT2D eigenvalue weighted by Crippen LogP contribution is 2.43. The van der Waals surface area contributed by atoms with Crippen molar-refractivity contribution in [3.8, 4) is 11.5 Å². The molecule has 76 valence electrons. The Bertz CT molecular complexity index is 347. The van der Waals surface area contributed by atoms with Gasteiger partial charge in [0.2, 0.25) is 0 Å². The molecule has 1 fully saturated rings. The zero-order valence-electron chi connectivity index (χ0n) is 8.04. The summed E-state index contributed by atoms with van der Waals surface area (Å²) in [5.41, 5.74) is 1.06. The van der Waals surface area contributed by atoms with Crippen LogP contribution in [0.1, 0.15) is 11.7 Å². The third-order valence-electron chi connectivity index (χ3n) is 2.18. The first kappa shape index (κ1) is 9.80. The molecule has 1 aromatic rings. The minimum atomic E-state index is 0.172. The van der Waals surface area contributed by atoms with Crippen LogP contribution in [0.5, 0.6) is 11.5 Å². The van der Waals surface area contributed by atoms with E-state index in [1.165, 1.54) is 0 Å². The lowest BCUT2D eigenvalue weighted by atomic mass is 10.1. The SMILES string of the molecule is COc1cc(Br)c([C@@H]2CO2)c(OC)c1. The maximum atomic E-state index is 5.28. The number of ether oxygens (including phenoxy) is 3. The molecule has 1 aliphatic rings. The highest BCUT2D eigenvalue weighted by Gasteiger charge is 2.30. The minimum absolute atomic E-state index is 0.172. The molecule has 0 spiro atoms. The maximum Gasteiger partial charge on any atom is 0.129 e. The van der Waals surface area contributed by atoms with E-state index in [9.17, 15) is 0 Å². The highest BCUT2D eigenvalue weighted by atomic mass is 79.9. The summed E-state index contributed by atoms with van der Waals surface area (Å²) in [6.45, 7) is 0.765. The van der Waals surface area contributed by atoms with Gasteiger partial charge in [-0.25, -0.2) is 0 Å². The molecule has 1 saturated heterocycles. The quantitative estimate of drug-likeness (QED) is 0.781. The second-order valence-electron chi connectivity index (χ2n) is 3.05. The van der Waals surface area contributed by atoms with Crippen LogP contribution in [-0.4, -0.2) is 20.8 Å². The van der Waals surface area contributed by atoms with E-state index in [2.05, 4.69) is 15.9 Å². The molecule has 1 heterocycles. The molecule has 2 rings (SSSR count). The Morgan fingerprint density at radius 3 is 2.57 bits per heavy atom. The van der Waals surface area contributed by atoms with Crippen molar-refractivity contribution < 1.29 is 14.2 Å². The van der Waals surface area contributed by atoms with Crippen LogP contribution in [0.3, 0.4) is 0 Å². The van der Waals surface area contributed by atoms with Gasteiger partial charge in [-0.3, -0.25) is 0 Å². The molecule has 0 bridgehead atoms. The van der Waals surface area contributed by atoms with E-state index in [1.807, 2.05) is 12.1 Å². The molecule has 0 saturated carbocycles. The molecule has 0 amide bonds. The largest absolute Gasteiger partial charge is 0.497 e. The van der Waals surface area contributed by atoms with Gasteiger partial charge in [0.15, 0.2) is 0 Å². The Morgan fingerprint density at radius 2 is 2.07 bits per heavy atom. The summed E-state index contributed by atoms with van der Waals surface area (Å²) in [6, 6.07) is 3.78. The van der Waals surface area contributed by atoms with Gasteiger partial charge in [0.25, 0.3) is 0 Å². The predicted molar refractivity (Wildman–Crippen MR) is 55.9 cm³/mol. The van der Waals surface area contributed by atoms with Crippen molar-refractivity contribution in [3.63, 3.8) is 0 Å². The summed E-state index contributed by atoms with van der Waals surface area (Å²) in [4.78, 5) is 0. The number of hydrogen-bond donors (Lipinski definition) is 0. The van der Waals surface area contributed by atoms with Crippen molar-refractivity contribution in [1.29, 1.82) is 0 Å². The molecule has 0 aromatic heterocycles. The molecule has 0 radical (unpaired) electrons. The summed E-state index contributed by atoms with van der Waals surface area (Å²) in [7, 11) is 3.28. The van der Waals surface area contributed by atoms with Crippen LogP contribution < -0.4 is 9.47 Å². The fraction of sp³-hybridized carbons (Fsp3) is 0.400. The summed E-state index contributed by atoms with van der Waals surface area (Å²) in [6.07, 6.45) is 0.172. The van der Waals surface area contributed by atoms with Gasteiger partial charge in [-0.2, -0.15) is 0 Å². The molecular formula is C10H11BrO3. The van der Waals surface area contributed by atoms with Gasteiger partial charge in [0, 0.05) is 16.1 Å². The normalized spacial score (nSPS) is 19.2. The number of halogens is 1. The first-order chi connectivity index (χ1) is 6.76. The zero-order valence-corrected chi connectivity index (χ0v) is 9.63. The van der Waals surface area contributed by atoms with Crippen LogP contribution in [0, 0.1) is 0 Å². The first-order valence-electron chi connectivity index (χ1n) is 4.29. The number of methoxy groups -OCH3 is 2. The lowest BCUT2D eigenvalue weighted by Crippen LogP contribution is -1.94. The van der Waals surface area contributed by atoms with E-state index in [-0.39, 0.29) is 6.10 Å². The Morgan fingerprint density at radius 1 is 1.36 bits per heavy atom. The Labute approximate surface area is 91.1 Å². The van der Waals surface area contributed by atoms with Gasteiger partial charge in [0.1, 0.15) is 17.6 Å². The Balaban J connectivity index is 2.46. The van der Waals surface area contributed by atoms with E-state index < -0.39 is 0 Å². The zero-order chi connectivity index (χ0) is 10.1. The van der Waals surface area contributed by atoms with Crippen molar-refractivity contribution in [2.45, 2.75) is 6.10 Å². The van der Waals surface area contributed by atoms with Crippen LogP contribution in [0.25, 0.3) is 0 Å². The third kappa shape index (κ3) is 1.72. The third-order valence-corrected chi connectivity index (χ3v) is 2.83. The lowest BCUT2D eigenvalue weighted by Gasteiger charge is -2.10. The van der Waals surface area contributed by atoms with Gasteiger partial charge >= 0.3 is 0 Å². The number of rotatable bonds is 3. The molecule has 14 heavy (non-hydrogen) atoms. The van der Waals surface area contributed by atoms with E-state index in [1.54, 1.807) is 14.2 Å². The van der Waals surface area contributed by atoms with Gasteiger partial charge in [-0.1, -0.05) is 15.9 Å². The number of epoxide rings is 1. The summed E-state index contributed by atoms with van der Waals surface area (Å²) < 4.78 is 16.6. The van der Waals surface area contributed by atoms with Gasteiger partial charge in [-0.15, -0.1) is 0 Å². The monoisotopic (exact) mass is 258 g/mol. The molecule has 0 unspecified atom stereocenters. The van der Waals surface area contributed by atoms with Crippen molar-refractivity contribution in [2.24, 2.45) is 0 Å². The van der Waals surface area contributed by atoms with E-state index in [4.69, 9.17) is 14.2 Å². The average molecular weight is 259 g/mol. The molecule has 3 nitrogen and oxygen atoms in total. The van der Waals surface area contributed by atoms with Crippen LogP contribution >= 0.6 is 15.9 Å². The van der Waals surface area contributed by atoms with Gasteiger partial charge in [0.05, 0.1) is 20.8 Å². The predicted octanol–water partition coefficient (Wildman–Crippen LogP) is 2.54. The molecule has 1 atom stereocenters. The molecular weight excluding hydrogens is 248 g/mol. The molecule has 1 aliphatic heterocycles. The van der Waals surface area contributed by atoms with E-state index in [0.29, 0.717) is 0 Å². The Kier molecular flexibility index (Phi) is 2.65. The molecule has 4 heteroatoms.